The van der Waals surface area contributed by atoms with Crippen molar-refractivity contribution >= 4 is 35.2 Å². The van der Waals surface area contributed by atoms with Crippen LogP contribution in [0.15, 0.2) is 84.0 Å². The zero-order valence-electron chi connectivity index (χ0n) is 19.3. The molecule has 3 unspecified atom stereocenters. The van der Waals surface area contributed by atoms with Crippen LogP contribution in [0.1, 0.15) is 34.8 Å². The number of hydrazone groups is 1. The van der Waals surface area contributed by atoms with Gasteiger partial charge in [0.1, 0.15) is 6.04 Å². The summed E-state index contributed by atoms with van der Waals surface area (Å²) in [5, 5.41) is 7.61. The molecule has 2 aliphatic heterocycles. The molecule has 0 saturated carbocycles. The van der Waals surface area contributed by atoms with Crippen LogP contribution in [0.4, 0.5) is 11.4 Å². The third-order valence-electron chi connectivity index (χ3n) is 6.67. The highest BCUT2D eigenvalue weighted by Crippen LogP contribution is 2.31. The van der Waals surface area contributed by atoms with E-state index in [-0.39, 0.29) is 17.6 Å². The third kappa shape index (κ3) is 4.45. The predicted octanol–water partition coefficient (Wildman–Crippen LogP) is 3.80. The summed E-state index contributed by atoms with van der Waals surface area (Å²) in [6, 6.07) is 23.5. The highest BCUT2D eigenvalue weighted by Gasteiger charge is 2.37. The van der Waals surface area contributed by atoms with E-state index in [0.717, 1.165) is 28.9 Å². The van der Waals surface area contributed by atoms with E-state index in [0.29, 0.717) is 24.1 Å². The summed E-state index contributed by atoms with van der Waals surface area (Å²) in [7, 11) is 0. The number of amides is 2. The first kappa shape index (κ1) is 22.5. The van der Waals surface area contributed by atoms with E-state index in [4.69, 9.17) is 0 Å². The van der Waals surface area contributed by atoms with Gasteiger partial charge in [-0.25, -0.2) is 5.43 Å². The van der Waals surface area contributed by atoms with Crippen molar-refractivity contribution in [2.24, 2.45) is 11.0 Å². The Balaban J connectivity index is 1.48. The molecular weight excluding hydrogens is 440 g/mol. The van der Waals surface area contributed by atoms with Crippen LogP contribution in [-0.4, -0.2) is 35.9 Å². The minimum absolute atomic E-state index is 0.00342. The second-order valence-corrected chi connectivity index (χ2v) is 8.98. The second kappa shape index (κ2) is 9.54. The first-order valence-corrected chi connectivity index (χ1v) is 11.7. The molecule has 0 fully saturated rings. The molecule has 0 spiro atoms. The maximum absolute atomic E-state index is 13.5. The van der Waals surface area contributed by atoms with Gasteiger partial charge < -0.3 is 10.2 Å². The van der Waals surface area contributed by atoms with Gasteiger partial charge in [0, 0.05) is 29.3 Å². The maximum atomic E-state index is 13.5. The standard InChI is InChI=1S/C28H26N4O3/c1-18-15-25(34)30-31-26(18)19-11-13-22(14-12-19)32(17-33)24-16-21-9-5-6-10-23(21)29-27(24)28(35)20-7-3-2-4-8-20/h2-14,17-18,24,27,29H,15-16H2,1H3,(H,30,34). The van der Waals surface area contributed by atoms with Crippen molar-refractivity contribution in [2.75, 3.05) is 10.2 Å². The zero-order chi connectivity index (χ0) is 24.4. The highest BCUT2D eigenvalue weighted by molar-refractivity contribution is 6.06. The monoisotopic (exact) mass is 466 g/mol. The first-order valence-electron chi connectivity index (χ1n) is 11.7. The van der Waals surface area contributed by atoms with E-state index < -0.39 is 12.1 Å². The number of hydrogen-bond donors (Lipinski definition) is 2. The molecular formula is C28H26N4O3. The van der Waals surface area contributed by atoms with Crippen LogP contribution >= 0.6 is 0 Å². The number of rotatable bonds is 6. The van der Waals surface area contributed by atoms with E-state index in [1.54, 1.807) is 17.0 Å². The molecule has 5 rings (SSSR count). The number of anilines is 2. The van der Waals surface area contributed by atoms with Gasteiger partial charge in [-0.05, 0) is 35.7 Å². The summed E-state index contributed by atoms with van der Waals surface area (Å²) in [6.45, 7) is 1.97. The van der Waals surface area contributed by atoms with Gasteiger partial charge in [0.2, 0.25) is 12.3 Å². The lowest BCUT2D eigenvalue weighted by Crippen LogP contribution is -2.54. The van der Waals surface area contributed by atoms with Crippen molar-refractivity contribution in [2.45, 2.75) is 31.8 Å². The Morgan fingerprint density at radius 2 is 1.69 bits per heavy atom. The molecule has 2 amide bonds. The Kier molecular flexibility index (Phi) is 6.14. The summed E-state index contributed by atoms with van der Waals surface area (Å²) in [5.74, 6) is -0.150. The molecule has 0 aliphatic carbocycles. The second-order valence-electron chi connectivity index (χ2n) is 8.98. The van der Waals surface area contributed by atoms with E-state index >= 15 is 0 Å². The average Bonchev–Trinajstić information content (AvgIpc) is 2.89. The molecule has 2 N–H and O–H groups in total. The molecule has 2 aliphatic rings. The summed E-state index contributed by atoms with van der Waals surface area (Å²) < 4.78 is 0. The molecule has 0 radical (unpaired) electrons. The summed E-state index contributed by atoms with van der Waals surface area (Å²) in [5.41, 5.74) is 7.48. The van der Waals surface area contributed by atoms with Crippen LogP contribution in [-0.2, 0) is 16.0 Å². The quantitative estimate of drug-likeness (QED) is 0.427. The lowest BCUT2D eigenvalue weighted by atomic mass is 9.87. The summed E-state index contributed by atoms with van der Waals surface area (Å²) in [4.78, 5) is 39.2. The van der Waals surface area contributed by atoms with Crippen molar-refractivity contribution in [3.8, 4) is 0 Å². The van der Waals surface area contributed by atoms with Crippen molar-refractivity contribution in [1.82, 2.24) is 5.43 Å². The number of Topliss-reactive ketones (excluding diaryl/α,β-unsaturated/α-hetero) is 1. The maximum Gasteiger partial charge on any atom is 0.240 e. The number of carbonyl (C=O) groups is 3. The number of carbonyl (C=O) groups excluding carboxylic acids is 3. The summed E-state index contributed by atoms with van der Waals surface area (Å²) >= 11 is 0. The number of para-hydroxylation sites is 1. The third-order valence-corrected chi connectivity index (χ3v) is 6.67. The molecule has 3 aromatic rings. The molecule has 7 nitrogen and oxygen atoms in total. The van der Waals surface area contributed by atoms with Gasteiger partial charge in [-0.15, -0.1) is 0 Å². The van der Waals surface area contributed by atoms with Gasteiger partial charge >= 0.3 is 0 Å². The number of hydrogen-bond acceptors (Lipinski definition) is 5. The fraction of sp³-hybridized carbons (Fsp3) is 0.214. The zero-order valence-corrected chi connectivity index (χ0v) is 19.3. The Hall–Kier alpha value is -4.26. The van der Waals surface area contributed by atoms with Crippen LogP contribution in [0.25, 0.3) is 0 Å². The van der Waals surface area contributed by atoms with Crippen LogP contribution in [0.3, 0.4) is 0 Å². The van der Waals surface area contributed by atoms with Crippen LogP contribution in [0.2, 0.25) is 0 Å². The number of nitrogens with one attached hydrogen (secondary N) is 2. The number of ketones is 1. The molecule has 3 atom stereocenters. The van der Waals surface area contributed by atoms with Gasteiger partial charge in [-0.1, -0.05) is 67.6 Å². The van der Waals surface area contributed by atoms with E-state index in [1.165, 1.54) is 0 Å². The number of benzene rings is 3. The van der Waals surface area contributed by atoms with Crippen molar-refractivity contribution < 1.29 is 14.4 Å². The summed E-state index contributed by atoms with van der Waals surface area (Å²) in [6.07, 6.45) is 1.72. The van der Waals surface area contributed by atoms with Crippen molar-refractivity contribution in [3.05, 3.63) is 95.6 Å². The van der Waals surface area contributed by atoms with Crippen LogP contribution < -0.4 is 15.6 Å². The first-order chi connectivity index (χ1) is 17.0. The van der Waals surface area contributed by atoms with Crippen molar-refractivity contribution in [1.29, 1.82) is 0 Å². The molecule has 0 bridgehead atoms. The van der Waals surface area contributed by atoms with E-state index in [1.807, 2.05) is 73.7 Å². The van der Waals surface area contributed by atoms with Crippen LogP contribution in [0.5, 0.6) is 0 Å². The average molecular weight is 467 g/mol. The van der Waals surface area contributed by atoms with Gasteiger partial charge in [-0.3, -0.25) is 14.4 Å². The van der Waals surface area contributed by atoms with Gasteiger partial charge in [0.15, 0.2) is 5.78 Å². The largest absolute Gasteiger partial charge is 0.373 e. The lowest BCUT2D eigenvalue weighted by molar-refractivity contribution is -0.121. The van der Waals surface area contributed by atoms with Crippen LogP contribution in [0, 0.1) is 5.92 Å². The molecule has 3 aromatic carbocycles. The lowest BCUT2D eigenvalue weighted by Gasteiger charge is -2.39. The van der Waals surface area contributed by atoms with Crippen molar-refractivity contribution in [3.63, 3.8) is 0 Å². The molecule has 35 heavy (non-hydrogen) atoms. The van der Waals surface area contributed by atoms with Gasteiger partial charge in [-0.2, -0.15) is 5.10 Å². The minimum Gasteiger partial charge on any atom is -0.373 e. The highest BCUT2D eigenvalue weighted by atomic mass is 16.2. The Morgan fingerprint density at radius 3 is 2.40 bits per heavy atom. The Morgan fingerprint density at radius 1 is 0.971 bits per heavy atom. The number of fused-ring (bicyclic) bond motifs is 1. The number of nitrogens with zero attached hydrogens (tertiary/aromatic N) is 2. The van der Waals surface area contributed by atoms with Gasteiger partial charge in [0.25, 0.3) is 0 Å². The predicted molar refractivity (Wildman–Crippen MR) is 136 cm³/mol. The SMILES string of the molecule is CC1CC(=O)NN=C1c1ccc(N(C=O)C2Cc3ccccc3NC2C(=O)c2ccccc2)cc1. The van der Waals surface area contributed by atoms with Gasteiger partial charge in [0.05, 0.1) is 11.8 Å². The normalized spacial score (nSPS) is 21.1. The molecule has 176 valence electrons. The minimum atomic E-state index is -0.602. The smallest absolute Gasteiger partial charge is 0.240 e. The molecule has 0 aromatic heterocycles. The fourth-order valence-corrected chi connectivity index (χ4v) is 4.86. The fourth-order valence-electron chi connectivity index (χ4n) is 4.86. The Bertz CT molecular complexity index is 1290. The van der Waals surface area contributed by atoms with E-state index in [9.17, 15) is 14.4 Å². The molecule has 0 saturated heterocycles. The topological polar surface area (TPSA) is 90.9 Å². The van der Waals surface area contributed by atoms with E-state index in [2.05, 4.69) is 15.8 Å². The molecule has 7 heteroatoms. The molecule has 2 heterocycles. The Labute approximate surface area is 203 Å².